The van der Waals surface area contributed by atoms with E-state index in [1.54, 1.807) is 6.92 Å². The summed E-state index contributed by atoms with van der Waals surface area (Å²) in [6.45, 7) is 2.14. The van der Waals surface area contributed by atoms with Crippen LogP contribution >= 0.6 is 0 Å². The van der Waals surface area contributed by atoms with E-state index in [9.17, 15) is 9.18 Å². The van der Waals surface area contributed by atoms with E-state index in [4.69, 9.17) is 5.53 Å². The molecule has 0 heterocycles. The number of benzene rings is 1. The van der Waals surface area contributed by atoms with Crippen molar-refractivity contribution in [3.63, 3.8) is 0 Å². The molecule has 84 valence electrons. The molecule has 0 saturated carbocycles. The summed E-state index contributed by atoms with van der Waals surface area (Å²) in [5.41, 5.74) is 9.01. The van der Waals surface area contributed by atoms with Gasteiger partial charge in [-0.15, -0.1) is 0 Å². The molecule has 0 fully saturated rings. The highest BCUT2D eigenvalue weighted by Crippen LogP contribution is 2.09. The van der Waals surface area contributed by atoms with Crippen LogP contribution in [-0.2, 0) is 0 Å². The molecular formula is C10H11FN4O. The lowest BCUT2D eigenvalue weighted by atomic mass is 10.1. The molecule has 0 aromatic heterocycles. The quantitative estimate of drug-likeness (QED) is 0.360. The summed E-state index contributed by atoms with van der Waals surface area (Å²) in [7, 11) is 0. The predicted octanol–water partition coefficient (Wildman–Crippen LogP) is 2.17. The van der Waals surface area contributed by atoms with Crippen LogP contribution in [0.4, 0.5) is 4.39 Å². The zero-order valence-electron chi connectivity index (χ0n) is 8.77. The fourth-order valence-electron chi connectivity index (χ4n) is 1.20. The minimum absolute atomic E-state index is 0.177. The van der Waals surface area contributed by atoms with Crippen molar-refractivity contribution in [3.05, 3.63) is 45.6 Å². The Balaban J connectivity index is 2.65. The van der Waals surface area contributed by atoms with E-state index >= 15 is 0 Å². The van der Waals surface area contributed by atoms with Crippen molar-refractivity contribution < 1.29 is 9.18 Å². The van der Waals surface area contributed by atoms with Crippen molar-refractivity contribution in [2.45, 2.75) is 6.92 Å². The zero-order valence-corrected chi connectivity index (χ0v) is 8.77. The third-order valence-corrected chi connectivity index (χ3v) is 2.00. The summed E-state index contributed by atoms with van der Waals surface area (Å²) in [5.74, 6) is -0.823. The van der Waals surface area contributed by atoms with Gasteiger partial charge in [0.25, 0.3) is 5.91 Å². The molecular weight excluding hydrogens is 211 g/mol. The van der Waals surface area contributed by atoms with Crippen molar-refractivity contribution in [1.82, 2.24) is 5.32 Å². The van der Waals surface area contributed by atoms with Crippen LogP contribution in [0.5, 0.6) is 0 Å². The molecule has 6 heteroatoms. The first-order chi connectivity index (χ1) is 7.65. The number of nitrogens with zero attached hydrogens (tertiary/aromatic N) is 3. The highest BCUT2D eigenvalue weighted by molar-refractivity contribution is 5.95. The molecule has 1 N–H and O–H groups in total. The summed E-state index contributed by atoms with van der Waals surface area (Å²) in [4.78, 5) is 14.1. The van der Waals surface area contributed by atoms with Gasteiger partial charge in [-0.25, -0.2) is 4.39 Å². The molecule has 0 bridgehead atoms. The van der Waals surface area contributed by atoms with Gasteiger partial charge < -0.3 is 5.32 Å². The van der Waals surface area contributed by atoms with E-state index in [-0.39, 0.29) is 19.0 Å². The fourth-order valence-corrected chi connectivity index (χ4v) is 1.20. The molecule has 5 nitrogen and oxygen atoms in total. The molecule has 0 spiro atoms. The Kier molecular flexibility index (Phi) is 4.29. The van der Waals surface area contributed by atoms with E-state index in [0.717, 1.165) is 0 Å². The Morgan fingerprint density at radius 3 is 3.06 bits per heavy atom. The monoisotopic (exact) mass is 222 g/mol. The van der Waals surface area contributed by atoms with Gasteiger partial charge in [0.1, 0.15) is 5.82 Å². The van der Waals surface area contributed by atoms with Crippen LogP contribution in [-0.4, -0.2) is 19.0 Å². The van der Waals surface area contributed by atoms with E-state index in [1.807, 2.05) is 0 Å². The summed E-state index contributed by atoms with van der Waals surface area (Å²) in [5, 5.41) is 5.80. The van der Waals surface area contributed by atoms with Gasteiger partial charge >= 0.3 is 0 Å². The standard InChI is InChI=1S/C10H11FN4O/c1-7-2-3-8(11)6-9(7)10(16)13-4-5-14-15-12/h2-3,6H,4-5H2,1H3,(H,13,16). The highest BCUT2D eigenvalue weighted by Gasteiger charge is 2.08. The number of carbonyl (C=O) groups excluding carboxylic acids is 1. The first kappa shape index (κ1) is 12.0. The van der Waals surface area contributed by atoms with Crippen LogP contribution in [0.15, 0.2) is 23.3 Å². The lowest BCUT2D eigenvalue weighted by molar-refractivity contribution is 0.0953. The lowest BCUT2D eigenvalue weighted by Crippen LogP contribution is -2.26. The minimum Gasteiger partial charge on any atom is -0.352 e. The van der Waals surface area contributed by atoms with Gasteiger partial charge in [-0.05, 0) is 30.2 Å². The van der Waals surface area contributed by atoms with E-state index in [1.165, 1.54) is 18.2 Å². The summed E-state index contributed by atoms with van der Waals surface area (Å²) < 4.78 is 12.9. The Hall–Kier alpha value is -2.07. The number of rotatable bonds is 4. The lowest BCUT2D eigenvalue weighted by Gasteiger charge is -2.06. The predicted molar refractivity (Wildman–Crippen MR) is 57.5 cm³/mol. The van der Waals surface area contributed by atoms with Crippen LogP contribution in [0.2, 0.25) is 0 Å². The second kappa shape index (κ2) is 5.72. The summed E-state index contributed by atoms with van der Waals surface area (Å²) in [6.07, 6.45) is 0. The van der Waals surface area contributed by atoms with Gasteiger partial charge in [0.2, 0.25) is 0 Å². The molecule has 0 atom stereocenters. The maximum atomic E-state index is 12.9. The largest absolute Gasteiger partial charge is 0.352 e. The van der Waals surface area contributed by atoms with E-state index < -0.39 is 5.82 Å². The van der Waals surface area contributed by atoms with Gasteiger partial charge in [-0.3, -0.25) is 4.79 Å². The maximum Gasteiger partial charge on any atom is 0.251 e. The Morgan fingerprint density at radius 2 is 2.38 bits per heavy atom. The molecule has 1 rings (SSSR count). The van der Waals surface area contributed by atoms with Crippen LogP contribution in [0.3, 0.4) is 0 Å². The van der Waals surface area contributed by atoms with E-state index in [2.05, 4.69) is 15.3 Å². The van der Waals surface area contributed by atoms with E-state index in [0.29, 0.717) is 11.1 Å². The third-order valence-electron chi connectivity index (χ3n) is 2.00. The van der Waals surface area contributed by atoms with Crippen LogP contribution in [0, 0.1) is 12.7 Å². The first-order valence-corrected chi connectivity index (χ1v) is 4.70. The summed E-state index contributed by atoms with van der Waals surface area (Å²) in [6, 6.07) is 4.02. The molecule has 1 aromatic carbocycles. The first-order valence-electron chi connectivity index (χ1n) is 4.70. The molecule has 0 unspecified atom stereocenters. The normalized spacial score (nSPS) is 9.38. The molecule has 0 radical (unpaired) electrons. The second-order valence-electron chi connectivity index (χ2n) is 3.17. The van der Waals surface area contributed by atoms with Gasteiger partial charge in [0, 0.05) is 23.6 Å². The number of aryl methyl sites for hydroxylation is 1. The van der Waals surface area contributed by atoms with Gasteiger partial charge in [0.05, 0.1) is 0 Å². The molecule has 0 aliphatic heterocycles. The summed E-state index contributed by atoms with van der Waals surface area (Å²) >= 11 is 0. The van der Waals surface area contributed by atoms with Crippen molar-refractivity contribution in [1.29, 1.82) is 0 Å². The Labute approximate surface area is 91.9 Å². The Bertz CT molecular complexity index is 440. The number of carbonyl (C=O) groups is 1. The van der Waals surface area contributed by atoms with Crippen LogP contribution < -0.4 is 5.32 Å². The Morgan fingerprint density at radius 1 is 1.62 bits per heavy atom. The minimum atomic E-state index is -0.453. The molecule has 1 amide bonds. The maximum absolute atomic E-state index is 12.9. The average Bonchev–Trinajstić information content (AvgIpc) is 2.27. The number of hydrogen-bond acceptors (Lipinski definition) is 2. The van der Waals surface area contributed by atoms with Crippen LogP contribution in [0.25, 0.3) is 10.4 Å². The smallest absolute Gasteiger partial charge is 0.251 e. The third kappa shape index (κ3) is 3.25. The van der Waals surface area contributed by atoms with Gasteiger partial charge in [-0.2, -0.15) is 0 Å². The average molecular weight is 222 g/mol. The zero-order chi connectivity index (χ0) is 12.0. The topological polar surface area (TPSA) is 77.9 Å². The van der Waals surface area contributed by atoms with Gasteiger partial charge in [0.15, 0.2) is 0 Å². The molecule has 1 aromatic rings. The molecule has 16 heavy (non-hydrogen) atoms. The van der Waals surface area contributed by atoms with Crippen molar-refractivity contribution >= 4 is 5.91 Å². The number of hydrogen-bond donors (Lipinski definition) is 1. The number of halogens is 1. The molecule has 0 aliphatic rings. The SMILES string of the molecule is Cc1ccc(F)cc1C(=O)NCCN=[N+]=[N-]. The van der Waals surface area contributed by atoms with Crippen molar-refractivity contribution in [3.8, 4) is 0 Å². The van der Waals surface area contributed by atoms with Gasteiger partial charge in [-0.1, -0.05) is 11.2 Å². The van der Waals surface area contributed by atoms with Crippen LogP contribution in [0.1, 0.15) is 15.9 Å². The number of azide groups is 1. The second-order valence-corrected chi connectivity index (χ2v) is 3.17. The molecule has 0 aliphatic carbocycles. The number of amides is 1. The molecule has 0 saturated heterocycles. The van der Waals surface area contributed by atoms with Crippen molar-refractivity contribution in [2.75, 3.05) is 13.1 Å². The number of nitrogens with one attached hydrogen (secondary N) is 1. The van der Waals surface area contributed by atoms with Crippen molar-refractivity contribution in [2.24, 2.45) is 5.11 Å². The highest BCUT2D eigenvalue weighted by atomic mass is 19.1. The fraction of sp³-hybridized carbons (Fsp3) is 0.300.